The third-order valence-corrected chi connectivity index (χ3v) is 4.74. The summed E-state index contributed by atoms with van der Waals surface area (Å²) < 4.78 is 1.88. The molecular formula is C20H17N3S. The van der Waals surface area contributed by atoms with Gasteiger partial charge in [-0.3, -0.25) is 0 Å². The van der Waals surface area contributed by atoms with Gasteiger partial charge in [-0.1, -0.05) is 60.7 Å². The van der Waals surface area contributed by atoms with Gasteiger partial charge in [0.25, 0.3) is 0 Å². The van der Waals surface area contributed by atoms with Crippen LogP contribution in [0.15, 0.2) is 71.8 Å². The van der Waals surface area contributed by atoms with Crippen molar-refractivity contribution in [3.8, 4) is 22.4 Å². The van der Waals surface area contributed by atoms with E-state index >= 15 is 0 Å². The first-order chi connectivity index (χ1) is 11.8. The predicted octanol–water partition coefficient (Wildman–Crippen LogP) is 5.02. The van der Waals surface area contributed by atoms with Crippen molar-refractivity contribution in [1.82, 2.24) is 14.8 Å². The first-order valence-electron chi connectivity index (χ1n) is 7.80. The number of aryl methyl sites for hydroxylation is 1. The van der Waals surface area contributed by atoms with Crippen molar-refractivity contribution < 1.29 is 0 Å². The fraction of sp³-hybridized carbons (Fsp3) is 0.100. The minimum atomic E-state index is 0.916. The number of hydrogen-bond donors (Lipinski definition) is 0. The molecule has 24 heavy (non-hydrogen) atoms. The van der Waals surface area contributed by atoms with Crippen LogP contribution in [0.1, 0.15) is 0 Å². The van der Waals surface area contributed by atoms with E-state index in [1.807, 2.05) is 36.0 Å². The van der Waals surface area contributed by atoms with E-state index in [9.17, 15) is 0 Å². The highest BCUT2D eigenvalue weighted by Crippen LogP contribution is 2.36. The second-order valence-electron chi connectivity index (χ2n) is 5.62. The fourth-order valence-corrected chi connectivity index (χ4v) is 3.39. The number of benzene rings is 2. The van der Waals surface area contributed by atoms with Crippen molar-refractivity contribution in [2.45, 2.75) is 5.03 Å². The van der Waals surface area contributed by atoms with Gasteiger partial charge in [0.15, 0.2) is 5.65 Å². The highest BCUT2D eigenvalue weighted by Gasteiger charge is 2.18. The van der Waals surface area contributed by atoms with Crippen molar-refractivity contribution in [1.29, 1.82) is 0 Å². The summed E-state index contributed by atoms with van der Waals surface area (Å²) in [4.78, 5) is 4.79. The average Bonchev–Trinajstić information content (AvgIpc) is 2.99. The Morgan fingerprint density at radius 1 is 0.875 bits per heavy atom. The second-order valence-corrected chi connectivity index (χ2v) is 6.44. The molecule has 0 radical (unpaired) electrons. The molecule has 4 aromatic rings. The van der Waals surface area contributed by atoms with Crippen LogP contribution < -0.4 is 0 Å². The largest absolute Gasteiger partial charge is 0.250 e. The Bertz CT molecular complexity index is 992. The van der Waals surface area contributed by atoms with Gasteiger partial charge in [-0.05, 0) is 23.4 Å². The molecule has 0 aliphatic rings. The summed E-state index contributed by atoms with van der Waals surface area (Å²) in [6.45, 7) is 0. The van der Waals surface area contributed by atoms with E-state index in [1.54, 1.807) is 11.8 Å². The van der Waals surface area contributed by atoms with Crippen LogP contribution in [-0.2, 0) is 7.05 Å². The molecule has 0 N–H and O–H groups in total. The molecule has 2 heterocycles. The Morgan fingerprint density at radius 2 is 1.50 bits per heavy atom. The highest BCUT2D eigenvalue weighted by molar-refractivity contribution is 7.98. The van der Waals surface area contributed by atoms with Crippen LogP contribution in [0.2, 0.25) is 0 Å². The number of thioether (sulfide) groups is 1. The standard InChI is InChI=1S/C20H17N3S/c1-23-20-18(19(22-23)15-11-7-4-8-12-15)16(13-17(21-20)24-2)14-9-5-3-6-10-14/h3-13H,1-2H3. The minimum Gasteiger partial charge on any atom is -0.250 e. The molecule has 0 fully saturated rings. The Kier molecular flexibility index (Phi) is 3.82. The summed E-state index contributed by atoms with van der Waals surface area (Å²) in [6, 6.07) is 22.9. The van der Waals surface area contributed by atoms with Gasteiger partial charge in [-0.15, -0.1) is 11.8 Å². The van der Waals surface area contributed by atoms with E-state index in [4.69, 9.17) is 10.1 Å². The summed E-state index contributed by atoms with van der Waals surface area (Å²) in [6.07, 6.45) is 2.05. The second kappa shape index (κ2) is 6.13. The number of fused-ring (bicyclic) bond motifs is 1. The summed E-state index contributed by atoms with van der Waals surface area (Å²) in [5, 5.41) is 6.87. The topological polar surface area (TPSA) is 30.7 Å². The van der Waals surface area contributed by atoms with Crippen LogP contribution in [0, 0.1) is 0 Å². The molecule has 0 saturated carbocycles. The lowest BCUT2D eigenvalue weighted by molar-refractivity contribution is 0.785. The normalized spacial score (nSPS) is 11.1. The molecule has 2 aromatic heterocycles. The molecule has 0 unspecified atom stereocenters. The Hall–Kier alpha value is -2.59. The summed E-state index contributed by atoms with van der Waals surface area (Å²) in [5.74, 6) is 0. The smallest absolute Gasteiger partial charge is 0.160 e. The molecule has 2 aromatic carbocycles. The Balaban J connectivity index is 2.10. The zero-order valence-electron chi connectivity index (χ0n) is 13.6. The van der Waals surface area contributed by atoms with Gasteiger partial charge < -0.3 is 0 Å². The maximum Gasteiger partial charge on any atom is 0.160 e. The van der Waals surface area contributed by atoms with Crippen LogP contribution in [0.25, 0.3) is 33.4 Å². The number of pyridine rings is 1. The maximum absolute atomic E-state index is 4.79. The van der Waals surface area contributed by atoms with Crippen LogP contribution in [0.3, 0.4) is 0 Å². The molecule has 0 spiro atoms. The third kappa shape index (κ3) is 2.49. The highest BCUT2D eigenvalue weighted by atomic mass is 32.2. The predicted molar refractivity (Wildman–Crippen MR) is 101 cm³/mol. The molecule has 4 heteroatoms. The number of aromatic nitrogens is 3. The third-order valence-electron chi connectivity index (χ3n) is 4.11. The van der Waals surface area contributed by atoms with Gasteiger partial charge in [0, 0.05) is 12.6 Å². The van der Waals surface area contributed by atoms with Gasteiger partial charge in [-0.25, -0.2) is 9.67 Å². The summed E-state index contributed by atoms with van der Waals surface area (Å²) in [5.41, 5.74) is 5.37. The van der Waals surface area contributed by atoms with E-state index in [0.29, 0.717) is 0 Å². The zero-order chi connectivity index (χ0) is 16.5. The molecular weight excluding hydrogens is 314 g/mol. The minimum absolute atomic E-state index is 0.916. The number of rotatable bonds is 3. The van der Waals surface area contributed by atoms with E-state index in [2.05, 4.69) is 48.7 Å². The van der Waals surface area contributed by atoms with Crippen LogP contribution in [0.4, 0.5) is 0 Å². The first-order valence-corrected chi connectivity index (χ1v) is 9.03. The molecule has 0 bridgehead atoms. The SMILES string of the molecule is CSc1cc(-c2ccccc2)c2c(-c3ccccc3)nn(C)c2n1. The van der Waals surface area contributed by atoms with Crippen molar-refractivity contribution >= 4 is 22.8 Å². The van der Waals surface area contributed by atoms with Gasteiger partial charge in [0.2, 0.25) is 0 Å². The van der Waals surface area contributed by atoms with E-state index < -0.39 is 0 Å². The Labute approximate surface area is 145 Å². The van der Waals surface area contributed by atoms with E-state index in [0.717, 1.165) is 27.3 Å². The van der Waals surface area contributed by atoms with Crippen LogP contribution in [0.5, 0.6) is 0 Å². The van der Waals surface area contributed by atoms with Crippen LogP contribution >= 0.6 is 11.8 Å². The lowest BCUT2D eigenvalue weighted by Gasteiger charge is -2.08. The van der Waals surface area contributed by atoms with Crippen molar-refractivity contribution in [2.75, 3.05) is 6.26 Å². The zero-order valence-corrected chi connectivity index (χ0v) is 14.4. The van der Waals surface area contributed by atoms with Gasteiger partial charge >= 0.3 is 0 Å². The lowest BCUT2D eigenvalue weighted by Crippen LogP contribution is -1.93. The number of nitrogens with zero attached hydrogens (tertiary/aromatic N) is 3. The van der Waals surface area contributed by atoms with Crippen molar-refractivity contribution in [3.05, 3.63) is 66.7 Å². The Morgan fingerprint density at radius 3 is 2.12 bits per heavy atom. The van der Waals surface area contributed by atoms with Crippen molar-refractivity contribution in [3.63, 3.8) is 0 Å². The summed E-state index contributed by atoms with van der Waals surface area (Å²) >= 11 is 1.65. The maximum atomic E-state index is 4.79. The van der Waals surface area contributed by atoms with Gasteiger partial charge in [0.1, 0.15) is 5.69 Å². The van der Waals surface area contributed by atoms with E-state index in [1.165, 1.54) is 11.1 Å². The molecule has 0 amide bonds. The average molecular weight is 331 g/mol. The van der Waals surface area contributed by atoms with Gasteiger partial charge in [0.05, 0.1) is 10.4 Å². The monoisotopic (exact) mass is 331 g/mol. The van der Waals surface area contributed by atoms with Gasteiger partial charge in [-0.2, -0.15) is 5.10 Å². The molecule has 4 rings (SSSR count). The quantitative estimate of drug-likeness (QED) is 0.494. The number of hydrogen-bond acceptors (Lipinski definition) is 3. The van der Waals surface area contributed by atoms with Crippen LogP contribution in [-0.4, -0.2) is 21.0 Å². The molecule has 0 aliphatic heterocycles. The fourth-order valence-electron chi connectivity index (χ4n) is 2.97. The molecule has 118 valence electrons. The lowest BCUT2D eigenvalue weighted by atomic mass is 10.00. The summed E-state index contributed by atoms with van der Waals surface area (Å²) in [7, 11) is 1.96. The molecule has 0 saturated heterocycles. The first kappa shape index (κ1) is 15.0. The molecule has 3 nitrogen and oxygen atoms in total. The van der Waals surface area contributed by atoms with Crippen molar-refractivity contribution in [2.24, 2.45) is 7.05 Å². The molecule has 0 aliphatic carbocycles. The van der Waals surface area contributed by atoms with E-state index in [-0.39, 0.29) is 0 Å². The molecule has 0 atom stereocenters.